The SMILES string of the molecule is O=C(CCNC(=O)c1ccc(Br)cc1)Nc1nc(-c2ccccc2F)cs1. The van der Waals surface area contributed by atoms with Crippen molar-refractivity contribution in [3.8, 4) is 11.3 Å². The van der Waals surface area contributed by atoms with E-state index < -0.39 is 0 Å². The third-order valence-corrected chi connectivity index (χ3v) is 4.93. The highest BCUT2D eigenvalue weighted by molar-refractivity contribution is 9.10. The molecule has 0 radical (unpaired) electrons. The predicted octanol–water partition coefficient (Wildman–Crippen LogP) is 4.47. The van der Waals surface area contributed by atoms with Gasteiger partial charge in [0.2, 0.25) is 5.91 Å². The van der Waals surface area contributed by atoms with Gasteiger partial charge < -0.3 is 10.6 Å². The molecule has 0 aliphatic heterocycles. The van der Waals surface area contributed by atoms with E-state index in [1.54, 1.807) is 47.8 Å². The zero-order valence-corrected chi connectivity index (χ0v) is 16.4. The largest absolute Gasteiger partial charge is 0.352 e. The highest BCUT2D eigenvalue weighted by Crippen LogP contribution is 2.26. The molecule has 0 unspecified atom stereocenters. The molecule has 3 rings (SSSR count). The molecule has 0 fully saturated rings. The molecular formula is C19H15BrFN3O2S. The van der Waals surface area contributed by atoms with Gasteiger partial charge in [-0.15, -0.1) is 11.3 Å². The second kappa shape index (κ2) is 8.88. The Bertz CT molecular complexity index is 960. The Hall–Kier alpha value is -2.58. The molecule has 0 atom stereocenters. The molecule has 0 spiro atoms. The molecule has 0 saturated carbocycles. The summed E-state index contributed by atoms with van der Waals surface area (Å²) in [5, 5.41) is 7.42. The van der Waals surface area contributed by atoms with Gasteiger partial charge in [0.1, 0.15) is 5.82 Å². The first kappa shape index (κ1) is 19.2. The second-order valence-electron chi connectivity index (χ2n) is 5.58. The molecule has 138 valence electrons. The van der Waals surface area contributed by atoms with Crippen molar-refractivity contribution < 1.29 is 14.0 Å². The lowest BCUT2D eigenvalue weighted by Gasteiger charge is -2.05. The quantitative estimate of drug-likeness (QED) is 0.585. The molecule has 5 nitrogen and oxygen atoms in total. The highest BCUT2D eigenvalue weighted by atomic mass is 79.9. The van der Waals surface area contributed by atoms with E-state index in [-0.39, 0.29) is 30.6 Å². The first-order valence-corrected chi connectivity index (χ1v) is 9.74. The van der Waals surface area contributed by atoms with Crippen LogP contribution in [0, 0.1) is 5.82 Å². The van der Waals surface area contributed by atoms with Gasteiger partial charge in [-0.3, -0.25) is 9.59 Å². The number of thiazole rings is 1. The number of nitrogens with zero attached hydrogens (tertiary/aromatic N) is 1. The van der Waals surface area contributed by atoms with Crippen LogP contribution in [-0.4, -0.2) is 23.3 Å². The lowest BCUT2D eigenvalue weighted by atomic mass is 10.2. The van der Waals surface area contributed by atoms with Gasteiger partial charge in [0, 0.05) is 33.9 Å². The molecule has 0 bridgehead atoms. The van der Waals surface area contributed by atoms with Crippen molar-refractivity contribution in [2.45, 2.75) is 6.42 Å². The van der Waals surface area contributed by atoms with Gasteiger partial charge in [-0.05, 0) is 36.4 Å². The van der Waals surface area contributed by atoms with Crippen LogP contribution in [0.15, 0.2) is 58.4 Å². The van der Waals surface area contributed by atoms with Gasteiger partial charge in [0.05, 0.1) is 5.69 Å². The number of aromatic nitrogens is 1. The van der Waals surface area contributed by atoms with Crippen molar-refractivity contribution in [1.82, 2.24) is 10.3 Å². The van der Waals surface area contributed by atoms with Gasteiger partial charge in [-0.25, -0.2) is 9.37 Å². The highest BCUT2D eigenvalue weighted by Gasteiger charge is 2.11. The third-order valence-electron chi connectivity index (χ3n) is 3.64. The Kier molecular flexibility index (Phi) is 6.31. The number of anilines is 1. The summed E-state index contributed by atoms with van der Waals surface area (Å²) in [6.07, 6.45) is 0.108. The number of rotatable bonds is 6. The molecule has 1 aromatic heterocycles. The normalized spacial score (nSPS) is 10.4. The molecule has 2 amide bonds. The average Bonchev–Trinajstić information content (AvgIpc) is 3.10. The van der Waals surface area contributed by atoms with E-state index in [0.29, 0.717) is 22.0 Å². The van der Waals surface area contributed by atoms with Crippen molar-refractivity contribution >= 4 is 44.2 Å². The number of hydrogen-bond donors (Lipinski definition) is 2. The fourth-order valence-corrected chi connectivity index (χ4v) is 3.29. The summed E-state index contributed by atoms with van der Waals surface area (Å²) in [5.74, 6) is -0.886. The number of nitrogens with one attached hydrogen (secondary N) is 2. The van der Waals surface area contributed by atoms with Crippen molar-refractivity contribution in [1.29, 1.82) is 0 Å². The molecule has 0 saturated heterocycles. The molecule has 2 N–H and O–H groups in total. The van der Waals surface area contributed by atoms with Crippen LogP contribution in [0.3, 0.4) is 0 Å². The zero-order chi connectivity index (χ0) is 19.2. The molecule has 8 heteroatoms. The molecule has 27 heavy (non-hydrogen) atoms. The maximum Gasteiger partial charge on any atom is 0.251 e. The Balaban J connectivity index is 1.49. The van der Waals surface area contributed by atoms with Crippen LogP contribution in [0.5, 0.6) is 0 Å². The Labute approximate surface area is 167 Å². The lowest BCUT2D eigenvalue weighted by Crippen LogP contribution is -2.27. The Morgan fingerprint density at radius 1 is 1.11 bits per heavy atom. The van der Waals surface area contributed by atoms with E-state index in [4.69, 9.17) is 0 Å². The van der Waals surface area contributed by atoms with Gasteiger partial charge in [-0.1, -0.05) is 28.1 Å². The van der Waals surface area contributed by atoms with Crippen molar-refractivity contribution in [2.24, 2.45) is 0 Å². The van der Waals surface area contributed by atoms with Crippen LogP contribution in [0.1, 0.15) is 16.8 Å². The number of halogens is 2. The van der Waals surface area contributed by atoms with E-state index >= 15 is 0 Å². The number of amides is 2. The summed E-state index contributed by atoms with van der Waals surface area (Å²) in [7, 11) is 0. The van der Waals surface area contributed by atoms with Gasteiger partial charge in [0.25, 0.3) is 5.91 Å². The molecule has 0 aliphatic rings. The summed E-state index contributed by atoms with van der Waals surface area (Å²) in [5.41, 5.74) is 1.38. The van der Waals surface area contributed by atoms with Crippen molar-refractivity contribution in [3.63, 3.8) is 0 Å². The average molecular weight is 448 g/mol. The summed E-state index contributed by atoms with van der Waals surface area (Å²) in [6.45, 7) is 0.201. The summed E-state index contributed by atoms with van der Waals surface area (Å²) in [6, 6.07) is 13.3. The monoisotopic (exact) mass is 447 g/mol. The topological polar surface area (TPSA) is 71.1 Å². The van der Waals surface area contributed by atoms with Crippen molar-refractivity contribution in [2.75, 3.05) is 11.9 Å². The summed E-state index contributed by atoms with van der Waals surface area (Å²) >= 11 is 4.53. The number of carbonyl (C=O) groups excluding carboxylic acids is 2. The molecule has 3 aromatic rings. The van der Waals surface area contributed by atoms with E-state index in [2.05, 4.69) is 31.5 Å². The van der Waals surface area contributed by atoms with Crippen LogP contribution in [-0.2, 0) is 4.79 Å². The lowest BCUT2D eigenvalue weighted by molar-refractivity contribution is -0.116. The first-order valence-electron chi connectivity index (χ1n) is 8.07. The third kappa shape index (κ3) is 5.21. The predicted molar refractivity (Wildman–Crippen MR) is 107 cm³/mol. The van der Waals surface area contributed by atoms with Gasteiger partial charge in [0.15, 0.2) is 5.13 Å². The maximum absolute atomic E-state index is 13.8. The zero-order valence-electron chi connectivity index (χ0n) is 14.0. The standard InChI is InChI=1S/C19H15BrFN3O2S/c20-13-7-5-12(6-8-13)18(26)22-10-9-17(25)24-19-23-16(11-27-19)14-3-1-2-4-15(14)21/h1-8,11H,9-10H2,(H,22,26)(H,23,24,25). The summed E-state index contributed by atoms with van der Waals surface area (Å²) < 4.78 is 14.7. The maximum atomic E-state index is 13.8. The van der Waals surface area contributed by atoms with Crippen molar-refractivity contribution in [3.05, 3.63) is 69.8 Å². The molecular weight excluding hydrogens is 433 g/mol. The van der Waals surface area contributed by atoms with Crippen LogP contribution < -0.4 is 10.6 Å². The Morgan fingerprint density at radius 3 is 2.59 bits per heavy atom. The van der Waals surface area contributed by atoms with Crippen LogP contribution in [0.25, 0.3) is 11.3 Å². The van der Waals surface area contributed by atoms with Gasteiger partial charge in [-0.2, -0.15) is 0 Å². The van der Waals surface area contributed by atoms with Crippen LogP contribution in [0.4, 0.5) is 9.52 Å². The minimum atomic E-state index is -0.365. The molecule has 1 heterocycles. The van der Waals surface area contributed by atoms with Gasteiger partial charge >= 0.3 is 0 Å². The van der Waals surface area contributed by atoms with E-state index in [9.17, 15) is 14.0 Å². The van der Waals surface area contributed by atoms with Crippen LogP contribution >= 0.6 is 27.3 Å². The minimum Gasteiger partial charge on any atom is -0.352 e. The molecule has 0 aliphatic carbocycles. The number of carbonyl (C=O) groups is 2. The summed E-state index contributed by atoms with van der Waals surface area (Å²) in [4.78, 5) is 28.2. The molecule has 2 aromatic carbocycles. The van der Waals surface area contributed by atoms with E-state index in [1.165, 1.54) is 17.4 Å². The smallest absolute Gasteiger partial charge is 0.251 e. The van der Waals surface area contributed by atoms with E-state index in [1.807, 2.05) is 0 Å². The minimum absolute atomic E-state index is 0.108. The second-order valence-corrected chi connectivity index (χ2v) is 7.35. The Morgan fingerprint density at radius 2 is 1.85 bits per heavy atom. The number of benzene rings is 2. The fraction of sp³-hybridized carbons (Fsp3) is 0.105. The fourth-order valence-electron chi connectivity index (χ4n) is 2.30. The van der Waals surface area contributed by atoms with E-state index in [0.717, 1.165) is 4.47 Å². The number of hydrogen-bond acceptors (Lipinski definition) is 4. The van der Waals surface area contributed by atoms with Crippen LogP contribution in [0.2, 0.25) is 0 Å². The first-order chi connectivity index (χ1) is 13.0.